The Morgan fingerprint density at radius 1 is 0.909 bits per heavy atom. The molecule has 1 N–H and O–H groups in total. The van der Waals surface area contributed by atoms with Gasteiger partial charge in [-0.25, -0.2) is 0 Å². The van der Waals surface area contributed by atoms with Gasteiger partial charge in [0.2, 0.25) is 5.91 Å². The normalized spacial score (nSPS) is 12.0. The highest BCUT2D eigenvalue weighted by Gasteiger charge is 2.18. The topological polar surface area (TPSA) is 29.1 Å². The number of benzene rings is 3. The van der Waals surface area contributed by atoms with Crippen molar-refractivity contribution < 1.29 is 4.79 Å². The Labute approximate surface area is 130 Å². The van der Waals surface area contributed by atoms with Crippen molar-refractivity contribution in [1.29, 1.82) is 0 Å². The van der Waals surface area contributed by atoms with E-state index in [1.165, 1.54) is 0 Å². The van der Waals surface area contributed by atoms with Gasteiger partial charge >= 0.3 is 0 Å². The molecule has 0 aliphatic heterocycles. The summed E-state index contributed by atoms with van der Waals surface area (Å²) in [6.07, 6.45) is 0.778. The van der Waals surface area contributed by atoms with Crippen LogP contribution in [0.3, 0.4) is 0 Å². The molecule has 2 nitrogen and oxygen atoms in total. The minimum absolute atomic E-state index is 0.0463. The molecule has 0 unspecified atom stereocenters. The Bertz CT molecular complexity index is 775. The lowest BCUT2D eigenvalue weighted by molar-refractivity contribution is -0.117. The van der Waals surface area contributed by atoms with Crippen molar-refractivity contribution in [3.8, 4) is 0 Å². The Morgan fingerprint density at radius 3 is 2.36 bits per heavy atom. The number of carbonyl (C=O) groups excluding carboxylic acids is 1. The third-order valence-electron chi connectivity index (χ3n) is 3.97. The maximum Gasteiger partial charge on any atom is 0.231 e. The molecule has 0 heterocycles. The van der Waals surface area contributed by atoms with Crippen LogP contribution >= 0.6 is 0 Å². The van der Waals surface area contributed by atoms with E-state index in [4.69, 9.17) is 0 Å². The van der Waals surface area contributed by atoms with Gasteiger partial charge < -0.3 is 5.32 Å². The summed E-state index contributed by atoms with van der Waals surface area (Å²) in [6.45, 7) is 2.04. The fourth-order valence-corrected chi connectivity index (χ4v) is 2.81. The monoisotopic (exact) mass is 289 g/mol. The average Bonchev–Trinajstić information content (AvgIpc) is 2.57. The number of anilines is 1. The third kappa shape index (κ3) is 2.86. The van der Waals surface area contributed by atoms with Crippen molar-refractivity contribution in [2.45, 2.75) is 19.3 Å². The van der Waals surface area contributed by atoms with Crippen LogP contribution in [0.4, 0.5) is 5.69 Å². The number of hydrogen-bond donors (Lipinski definition) is 1. The smallest absolute Gasteiger partial charge is 0.231 e. The Balaban J connectivity index is 1.89. The van der Waals surface area contributed by atoms with E-state index in [2.05, 4.69) is 17.4 Å². The lowest BCUT2D eigenvalue weighted by atomic mass is 9.95. The van der Waals surface area contributed by atoms with Gasteiger partial charge in [-0.05, 0) is 23.4 Å². The second-order valence-corrected chi connectivity index (χ2v) is 5.39. The van der Waals surface area contributed by atoms with E-state index in [1.807, 2.05) is 67.6 Å². The van der Waals surface area contributed by atoms with Gasteiger partial charge in [0.1, 0.15) is 0 Å². The maximum absolute atomic E-state index is 12.7. The van der Waals surface area contributed by atoms with Crippen molar-refractivity contribution in [3.05, 3.63) is 78.4 Å². The highest BCUT2D eigenvalue weighted by atomic mass is 16.1. The lowest BCUT2D eigenvalue weighted by Gasteiger charge is -2.16. The molecule has 0 saturated carbocycles. The van der Waals surface area contributed by atoms with Crippen LogP contribution in [-0.4, -0.2) is 5.91 Å². The summed E-state index contributed by atoms with van der Waals surface area (Å²) in [5.74, 6) is -0.0785. The molecule has 0 aromatic heterocycles. The predicted octanol–water partition coefficient (Wildman–Crippen LogP) is 4.97. The summed E-state index contributed by atoms with van der Waals surface area (Å²) in [7, 11) is 0. The van der Waals surface area contributed by atoms with E-state index in [9.17, 15) is 4.79 Å². The van der Waals surface area contributed by atoms with E-state index >= 15 is 0 Å². The van der Waals surface area contributed by atoms with E-state index in [0.29, 0.717) is 0 Å². The highest BCUT2D eigenvalue weighted by Crippen LogP contribution is 2.26. The van der Waals surface area contributed by atoms with Crippen molar-refractivity contribution >= 4 is 22.4 Å². The zero-order valence-corrected chi connectivity index (χ0v) is 12.6. The van der Waals surface area contributed by atoms with Crippen LogP contribution < -0.4 is 5.32 Å². The Kier molecular flexibility index (Phi) is 4.19. The molecule has 1 atom stereocenters. The van der Waals surface area contributed by atoms with Gasteiger partial charge in [-0.3, -0.25) is 4.79 Å². The highest BCUT2D eigenvalue weighted by molar-refractivity contribution is 6.04. The second kappa shape index (κ2) is 6.44. The number of amides is 1. The molecule has 0 saturated heterocycles. The molecular formula is C20H19NO. The number of carbonyl (C=O) groups is 1. The number of hydrogen-bond acceptors (Lipinski definition) is 1. The van der Waals surface area contributed by atoms with E-state index in [0.717, 1.165) is 28.4 Å². The van der Waals surface area contributed by atoms with Crippen molar-refractivity contribution in [1.82, 2.24) is 0 Å². The van der Waals surface area contributed by atoms with Crippen LogP contribution in [0.2, 0.25) is 0 Å². The zero-order valence-electron chi connectivity index (χ0n) is 12.6. The predicted molar refractivity (Wildman–Crippen MR) is 92.1 cm³/mol. The standard InChI is InChI=1S/C20H19NO/c1-2-17(15-9-4-3-5-10-15)20(22)21-19-14-8-12-16-11-6-7-13-18(16)19/h3-14,17H,2H2,1H3,(H,21,22)/t17-/m1/s1. The summed E-state index contributed by atoms with van der Waals surface area (Å²) in [4.78, 5) is 12.7. The quantitative estimate of drug-likeness (QED) is 0.721. The van der Waals surface area contributed by atoms with Crippen LogP contribution in [0.25, 0.3) is 10.8 Å². The number of fused-ring (bicyclic) bond motifs is 1. The van der Waals surface area contributed by atoms with Gasteiger partial charge in [0.25, 0.3) is 0 Å². The second-order valence-electron chi connectivity index (χ2n) is 5.39. The van der Waals surface area contributed by atoms with Crippen LogP contribution in [0.15, 0.2) is 72.8 Å². The SMILES string of the molecule is CC[C@@H](C(=O)Nc1cccc2ccccc12)c1ccccc1. The molecule has 3 aromatic rings. The molecule has 110 valence electrons. The summed E-state index contributed by atoms with van der Waals surface area (Å²) < 4.78 is 0. The molecule has 0 spiro atoms. The van der Waals surface area contributed by atoms with Gasteiger partial charge in [-0.15, -0.1) is 0 Å². The number of nitrogens with one attached hydrogen (secondary N) is 1. The molecule has 0 aliphatic carbocycles. The molecule has 1 amide bonds. The van der Waals surface area contributed by atoms with Crippen LogP contribution in [0, 0.1) is 0 Å². The largest absolute Gasteiger partial charge is 0.325 e. The van der Waals surface area contributed by atoms with Gasteiger partial charge in [0.05, 0.1) is 5.92 Å². The molecule has 0 fully saturated rings. The third-order valence-corrected chi connectivity index (χ3v) is 3.97. The van der Waals surface area contributed by atoms with Crippen LogP contribution in [-0.2, 0) is 4.79 Å². The lowest BCUT2D eigenvalue weighted by Crippen LogP contribution is -2.20. The Morgan fingerprint density at radius 2 is 1.59 bits per heavy atom. The molecule has 0 bridgehead atoms. The minimum Gasteiger partial charge on any atom is -0.325 e. The summed E-state index contributed by atoms with van der Waals surface area (Å²) in [5.41, 5.74) is 1.93. The first-order valence-corrected chi connectivity index (χ1v) is 7.63. The molecule has 0 aliphatic rings. The summed E-state index contributed by atoms with van der Waals surface area (Å²) >= 11 is 0. The first-order chi connectivity index (χ1) is 10.8. The molecule has 3 aromatic carbocycles. The van der Waals surface area contributed by atoms with E-state index in [-0.39, 0.29) is 11.8 Å². The number of rotatable bonds is 4. The van der Waals surface area contributed by atoms with Crippen molar-refractivity contribution in [3.63, 3.8) is 0 Å². The van der Waals surface area contributed by atoms with Gasteiger partial charge in [0.15, 0.2) is 0 Å². The molecular weight excluding hydrogens is 270 g/mol. The molecule has 22 heavy (non-hydrogen) atoms. The summed E-state index contributed by atoms with van der Waals surface area (Å²) in [6, 6.07) is 24.0. The van der Waals surface area contributed by atoms with Crippen LogP contribution in [0.1, 0.15) is 24.8 Å². The zero-order chi connectivity index (χ0) is 15.4. The van der Waals surface area contributed by atoms with Crippen LogP contribution in [0.5, 0.6) is 0 Å². The Hall–Kier alpha value is -2.61. The minimum atomic E-state index is -0.125. The fourth-order valence-electron chi connectivity index (χ4n) is 2.81. The van der Waals surface area contributed by atoms with E-state index in [1.54, 1.807) is 0 Å². The van der Waals surface area contributed by atoms with Crippen molar-refractivity contribution in [2.75, 3.05) is 5.32 Å². The maximum atomic E-state index is 12.7. The molecule has 0 radical (unpaired) electrons. The first kappa shape index (κ1) is 14.3. The summed E-state index contributed by atoms with van der Waals surface area (Å²) in [5, 5.41) is 5.30. The van der Waals surface area contributed by atoms with Gasteiger partial charge in [0, 0.05) is 11.1 Å². The molecule has 2 heteroatoms. The molecule has 3 rings (SSSR count). The average molecular weight is 289 g/mol. The van der Waals surface area contributed by atoms with E-state index < -0.39 is 0 Å². The van der Waals surface area contributed by atoms with Gasteiger partial charge in [-0.1, -0.05) is 73.7 Å². The van der Waals surface area contributed by atoms with Crippen molar-refractivity contribution in [2.24, 2.45) is 0 Å². The van der Waals surface area contributed by atoms with Gasteiger partial charge in [-0.2, -0.15) is 0 Å². The first-order valence-electron chi connectivity index (χ1n) is 7.63. The fraction of sp³-hybridized carbons (Fsp3) is 0.150.